The maximum absolute atomic E-state index is 11.3. The molecule has 0 aromatic rings. The third kappa shape index (κ3) is 1.42. The van der Waals surface area contributed by atoms with Gasteiger partial charge in [0, 0.05) is 5.03 Å². The third-order valence-corrected chi connectivity index (χ3v) is 2.52. The third-order valence-electron chi connectivity index (χ3n) is 2.24. The molecule has 0 spiro atoms. The summed E-state index contributed by atoms with van der Waals surface area (Å²) in [7, 11) is 0. The van der Waals surface area contributed by atoms with Crippen LogP contribution >= 0.6 is 11.6 Å². The van der Waals surface area contributed by atoms with Gasteiger partial charge in [-0.2, -0.15) is 5.11 Å². The van der Waals surface area contributed by atoms with Crippen LogP contribution in [0.25, 0.3) is 0 Å². The average molecular weight is 210 g/mol. The van der Waals surface area contributed by atoms with Crippen molar-refractivity contribution in [2.75, 3.05) is 0 Å². The predicted octanol–water partition coefficient (Wildman–Crippen LogP) is 1.64. The molecule has 1 aliphatic heterocycles. The standard InChI is InChI=1S/C9H8ClN3O/c10-6-1-3-9(11,4-2-6)7-5-12-13-8(7)14/h1-3,5H,4,11H2. The molecule has 0 saturated carbocycles. The van der Waals surface area contributed by atoms with Crippen LogP contribution in [0.15, 0.2) is 45.3 Å². The Balaban J connectivity index is 2.28. The van der Waals surface area contributed by atoms with E-state index in [9.17, 15) is 4.79 Å². The normalized spacial score (nSPS) is 30.6. The van der Waals surface area contributed by atoms with Gasteiger partial charge in [0.1, 0.15) is 0 Å². The highest BCUT2D eigenvalue weighted by Gasteiger charge is 2.34. The van der Waals surface area contributed by atoms with Gasteiger partial charge in [-0.3, -0.25) is 4.79 Å². The summed E-state index contributed by atoms with van der Waals surface area (Å²) in [5.74, 6) is -0.372. The second kappa shape index (κ2) is 3.15. The number of rotatable bonds is 1. The van der Waals surface area contributed by atoms with Crippen molar-refractivity contribution >= 4 is 17.5 Å². The molecule has 1 heterocycles. The first-order valence-electron chi connectivity index (χ1n) is 4.11. The summed E-state index contributed by atoms with van der Waals surface area (Å²) in [4.78, 5) is 11.3. The van der Waals surface area contributed by atoms with Crippen molar-refractivity contribution in [2.45, 2.75) is 12.0 Å². The van der Waals surface area contributed by atoms with E-state index in [1.807, 2.05) is 0 Å². The lowest BCUT2D eigenvalue weighted by Crippen LogP contribution is -2.42. The zero-order chi connectivity index (χ0) is 10.2. The molecule has 1 amide bonds. The van der Waals surface area contributed by atoms with E-state index in [2.05, 4.69) is 10.2 Å². The molecule has 2 rings (SSSR count). The fourth-order valence-electron chi connectivity index (χ4n) is 1.40. The number of nitrogens with two attached hydrogens (primary N) is 1. The van der Waals surface area contributed by atoms with Gasteiger partial charge in [-0.05, 0) is 12.5 Å². The Kier molecular flexibility index (Phi) is 2.09. The highest BCUT2D eigenvalue weighted by atomic mass is 35.5. The Morgan fingerprint density at radius 3 is 2.86 bits per heavy atom. The highest BCUT2D eigenvalue weighted by Crippen LogP contribution is 2.29. The lowest BCUT2D eigenvalue weighted by molar-refractivity contribution is -0.114. The maximum Gasteiger partial charge on any atom is 0.295 e. The summed E-state index contributed by atoms with van der Waals surface area (Å²) in [6.45, 7) is 0. The number of halogens is 1. The van der Waals surface area contributed by atoms with Crippen LogP contribution < -0.4 is 5.73 Å². The number of amides is 1. The van der Waals surface area contributed by atoms with Crippen LogP contribution in [0.1, 0.15) is 6.42 Å². The fraction of sp³-hybridized carbons (Fsp3) is 0.222. The van der Waals surface area contributed by atoms with Crippen LogP contribution in [0.2, 0.25) is 0 Å². The zero-order valence-electron chi connectivity index (χ0n) is 7.27. The lowest BCUT2D eigenvalue weighted by Gasteiger charge is -2.26. The van der Waals surface area contributed by atoms with E-state index in [0.717, 1.165) is 0 Å². The molecule has 1 unspecified atom stereocenters. The Bertz CT molecular complexity index is 408. The van der Waals surface area contributed by atoms with Gasteiger partial charge >= 0.3 is 0 Å². The minimum absolute atomic E-state index is 0.372. The summed E-state index contributed by atoms with van der Waals surface area (Å²) >= 11 is 5.75. The number of azo groups is 1. The van der Waals surface area contributed by atoms with Crippen molar-refractivity contribution in [3.05, 3.63) is 35.0 Å². The van der Waals surface area contributed by atoms with E-state index in [1.54, 1.807) is 18.2 Å². The van der Waals surface area contributed by atoms with Gasteiger partial charge in [-0.15, -0.1) is 5.11 Å². The van der Waals surface area contributed by atoms with E-state index in [1.165, 1.54) is 6.20 Å². The van der Waals surface area contributed by atoms with Crippen LogP contribution in [0.3, 0.4) is 0 Å². The monoisotopic (exact) mass is 209 g/mol. The molecule has 0 saturated heterocycles. The summed E-state index contributed by atoms with van der Waals surface area (Å²) < 4.78 is 0. The van der Waals surface area contributed by atoms with E-state index in [-0.39, 0.29) is 5.91 Å². The minimum atomic E-state index is -0.807. The second-order valence-electron chi connectivity index (χ2n) is 3.23. The first kappa shape index (κ1) is 9.30. The van der Waals surface area contributed by atoms with Gasteiger partial charge in [0.2, 0.25) is 0 Å². The molecule has 2 aliphatic rings. The van der Waals surface area contributed by atoms with E-state index in [0.29, 0.717) is 17.0 Å². The van der Waals surface area contributed by atoms with Gasteiger partial charge in [-0.1, -0.05) is 23.8 Å². The van der Waals surface area contributed by atoms with Gasteiger partial charge < -0.3 is 5.73 Å². The first-order chi connectivity index (χ1) is 6.62. The Hall–Kier alpha value is -1.26. The van der Waals surface area contributed by atoms with Crippen molar-refractivity contribution in [1.82, 2.24) is 0 Å². The molecule has 0 aromatic carbocycles. The highest BCUT2D eigenvalue weighted by molar-refractivity contribution is 6.31. The Labute approximate surface area is 85.8 Å². The summed E-state index contributed by atoms with van der Waals surface area (Å²) in [6.07, 6.45) is 7.05. The van der Waals surface area contributed by atoms with Crippen LogP contribution in [0, 0.1) is 0 Å². The molecule has 72 valence electrons. The van der Waals surface area contributed by atoms with Crippen LogP contribution in [-0.2, 0) is 4.79 Å². The summed E-state index contributed by atoms with van der Waals surface area (Å²) in [5.41, 5.74) is 5.62. The van der Waals surface area contributed by atoms with Crippen LogP contribution in [-0.4, -0.2) is 11.4 Å². The number of nitrogens with zero attached hydrogens (tertiary/aromatic N) is 2. The molecule has 14 heavy (non-hydrogen) atoms. The minimum Gasteiger partial charge on any atom is -0.318 e. The van der Waals surface area contributed by atoms with Gasteiger partial charge in [0.15, 0.2) is 0 Å². The molecular formula is C9H8ClN3O. The van der Waals surface area contributed by atoms with Crippen molar-refractivity contribution in [3.8, 4) is 0 Å². The van der Waals surface area contributed by atoms with Crippen LogP contribution in [0.4, 0.5) is 0 Å². The molecule has 4 nitrogen and oxygen atoms in total. The Morgan fingerprint density at radius 1 is 1.57 bits per heavy atom. The second-order valence-corrected chi connectivity index (χ2v) is 3.67. The molecule has 5 heteroatoms. The van der Waals surface area contributed by atoms with Crippen molar-refractivity contribution in [2.24, 2.45) is 16.0 Å². The molecule has 2 N–H and O–H groups in total. The number of allylic oxidation sites excluding steroid dienone is 2. The maximum atomic E-state index is 11.3. The van der Waals surface area contributed by atoms with Gasteiger partial charge in [0.05, 0.1) is 17.3 Å². The molecular weight excluding hydrogens is 202 g/mol. The molecule has 1 atom stereocenters. The van der Waals surface area contributed by atoms with Gasteiger partial charge in [0.25, 0.3) is 5.91 Å². The van der Waals surface area contributed by atoms with Gasteiger partial charge in [-0.25, -0.2) is 0 Å². The van der Waals surface area contributed by atoms with Crippen LogP contribution in [0.5, 0.6) is 0 Å². The molecule has 0 fully saturated rings. The molecule has 1 aliphatic carbocycles. The largest absolute Gasteiger partial charge is 0.318 e. The van der Waals surface area contributed by atoms with E-state index < -0.39 is 5.54 Å². The average Bonchev–Trinajstić information content (AvgIpc) is 2.58. The van der Waals surface area contributed by atoms with E-state index >= 15 is 0 Å². The molecule has 0 aromatic heterocycles. The SMILES string of the molecule is NC1(C2=CN=NC2=O)C=CC(Cl)=CC1. The number of carbonyl (C=O) groups is 1. The lowest BCUT2D eigenvalue weighted by atomic mass is 9.85. The van der Waals surface area contributed by atoms with E-state index in [4.69, 9.17) is 17.3 Å². The molecule has 0 bridgehead atoms. The smallest absolute Gasteiger partial charge is 0.295 e. The first-order valence-corrected chi connectivity index (χ1v) is 4.49. The summed E-state index contributed by atoms with van der Waals surface area (Å²) in [5, 5.41) is 7.54. The predicted molar refractivity (Wildman–Crippen MR) is 52.6 cm³/mol. The van der Waals surface area contributed by atoms with Crippen molar-refractivity contribution < 1.29 is 4.79 Å². The number of carbonyl (C=O) groups excluding carboxylic acids is 1. The fourth-order valence-corrected chi connectivity index (χ4v) is 1.54. The topological polar surface area (TPSA) is 67.8 Å². The quantitative estimate of drug-likeness (QED) is 0.714. The zero-order valence-corrected chi connectivity index (χ0v) is 8.03. The molecule has 0 radical (unpaired) electrons. The number of hydrogen-bond donors (Lipinski definition) is 1. The van der Waals surface area contributed by atoms with Crippen molar-refractivity contribution in [3.63, 3.8) is 0 Å². The summed E-state index contributed by atoms with van der Waals surface area (Å²) in [6, 6.07) is 0. The Morgan fingerprint density at radius 2 is 2.36 bits per heavy atom. The van der Waals surface area contributed by atoms with Crippen molar-refractivity contribution in [1.29, 1.82) is 0 Å². The number of hydrogen-bond acceptors (Lipinski definition) is 3.